The summed E-state index contributed by atoms with van der Waals surface area (Å²) in [5, 5.41) is 15.9. The molecular formula is C14H20N8O. The molecule has 0 saturated carbocycles. The highest BCUT2D eigenvalue weighted by atomic mass is 16.2. The van der Waals surface area contributed by atoms with E-state index in [1.165, 1.54) is 4.68 Å². The van der Waals surface area contributed by atoms with E-state index in [0.717, 1.165) is 24.6 Å². The van der Waals surface area contributed by atoms with Gasteiger partial charge in [-0.25, -0.2) is 0 Å². The van der Waals surface area contributed by atoms with Crippen molar-refractivity contribution in [1.29, 1.82) is 0 Å². The second-order valence-electron chi connectivity index (χ2n) is 5.72. The van der Waals surface area contributed by atoms with Crippen molar-refractivity contribution >= 4 is 17.4 Å². The predicted molar refractivity (Wildman–Crippen MR) is 85.5 cm³/mol. The van der Waals surface area contributed by atoms with E-state index in [2.05, 4.69) is 25.4 Å². The first-order valence-corrected chi connectivity index (χ1v) is 7.45. The number of aryl methyl sites for hydroxylation is 1. The van der Waals surface area contributed by atoms with Crippen LogP contribution < -0.4 is 9.80 Å². The van der Waals surface area contributed by atoms with Crippen molar-refractivity contribution in [2.75, 3.05) is 50.1 Å². The lowest BCUT2D eigenvalue weighted by Crippen LogP contribution is -2.49. The van der Waals surface area contributed by atoms with Crippen LogP contribution in [0.25, 0.3) is 0 Å². The van der Waals surface area contributed by atoms with E-state index in [1.807, 2.05) is 25.1 Å². The van der Waals surface area contributed by atoms with Gasteiger partial charge in [0, 0.05) is 53.4 Å². The molecule has 0 N–H and O–H groups in total. The summed E-state index contributed by atoms with van der Waals surface area (Å²) in [6.45, 7) is 2.70. The van der Waals surface area contributed by atoms with Crippen LogP contribution in [-0.4, -0.2) is 76.3 Å². The Bertz CT molecular complexity index is 690. The first kappa shape index (κ1) is 15.2. The minimum atomic E-state index is -0.0779. The van der Waals surface area contributed by atoms with Crippen molar-refractivity contribution in [2.24, 2.45) is 7.05 Å². The topological polar surface area (TPSA) is 83.3 Å². The van der Waals surface area contributed by atoms with Crippen molar-refractivity contribution in [2.45, 2.75) is 0 Å². The normalized spacial score (nSPS) is 14.9. The molecule has 122 valence electrons. The predicted octanol–water partition coefficient (Wildman–Crippen LogP) is -0.366. The molecule has 9 nitrogen and oxygen atoms in total. The van der Waals surface area contributed by atoms with Crippen molar-refractivity contribution in [1.82, 2.24) is 30.1 Å². The summed E-state index contributed by atoms with van der Waals surface area (Å²) in [5.74, 6) is 0.758. The maximum absolute atomic E-state index is 12.4. The van der Waals surface area contributed by atoms with Crippen molar-refractivity contribution in [3.63, 3.8) is 0 Å². The minimum absolute atomic E-state index is 0.0779. The van der Waals surface area contributed by atoms with Gasteiger partial charge in [-0.05, 0) is 0 Å². The standard InChI is InChI=1S/C14H20N8O/c1-19(2)11-8-13(17-15-9-11)21-4-6-22(7-5-21)14(23)12-10-20(3)18-16-12/h8-10H,4-7H2,1-3H3. The summed E-state index contributed by atoms with van der Waals surface area (Å²) in [4.78, 5) is 18.3. The molecule has 0 spiro atoms. The molecular weight excluding hydrogens is 296 g/mol. The number of carbonyl (C=O) groups excluding carboxylic acids is 1. The zero-order valence-corrected chi connectivity index (χ0v) is 13.5. The number of carbonyl (C=O) groups is 1. The fourth-order valence-corrected chi connectivity index (χ4v) is 2.49. The zero-order valence-electron chi connectivity index (χ0n) is 13.5. The van der Waals surface area contributed by atoms with Crippen molar-refractivity contribution in [3.8, 4) is 0 Å². The fourth-order valence-electron chi connectivity index (χ4n) is 2.49. The van der Waals surface area contributed by atoms with Gasteiger partial charge in [0.2, 0.25) is 0 Å². The quantitative estimate of drug-likeness (QED) is 0.764. The first-order chi connectivity index (χ1) is 11.0. The van der Waals surface area contributed by atoms with E-state index in [9.17, 15) is 4.79 Å². The summed E-state index contributed by atoms with van der Waals surface area (Å²) in [7, 11) is 5.69. The highest BCUT2D eigenvalue weighted by Gasteiger charge is 2.24. The highest BCUT2D eigenvalue weighted by Crippen LogP contribution is 2.18. The number of amides is 1. The minimum Gasteiger partial charge on any atom is -0.376 e. The van der Waals surface area contributed by atoms with Gasteiger partial charge in [0.05, 0.1) is 18.1 Å². The zero-order chi connectivity index (χ0) is 16.4. The Morgan fingerprint density at radius 1 is 1.17 bits per heavy atom. The molecule has 9 heteroatoms. The monoisotopic (exact) mass is 316 g/mol. The van der Waals surface area contributed by atoms with Crippen molar-refractivity contribution < 1.29 is 4.79 Å². The highest BCUT2D eigenvalue weighted by molar-refractivity contribution is 5.92. The maximum atomic E-state index is 12.4. The van der Waals surface area contributed by atoms with E-state index in [0.29, 0.717) is 18.8 Å². The van der Waals surface area contributed by atoms with E-state index >= 15 is 0 Å². The molecule has 0 aromatic carbocycles. The van der Waals surface area contributed by atoms with Crippen LogP contribution in [-0.2, 0) is 7.05 Å². The maximum Gasteiger partial charge on any atom is 0.276 e. The van der Waals surface area contributed by atoms with Crippen LogP contribution in [0.5, 0.6) is 0 Å². The number of aromatic nitrogens is 5. The van der Waals surface area contributed by atoms with Gasteiger partial charge in [0.15, 0.2) is 11.5 Å². The molecule has 3 heterocycles. The van der Waals surface area contributed by atoms with E-state index in [-0.39, 0.29) is 5.91 Å². The number of hydrogen-bond acceptors (Lipinski definition) is 7. The van der Waals surface area contributed by atoms with E-state index in [4.69, 9.17) is 0 Å². The third-order valence-corrected chi connectivity index (χ3v) is 3.86. The molecule has 0 bridgehead atoms. The van der Waals surface area contributed by atoms with Crippen LogP contribution in [0.4, 0.5) is 11.5 Å². The van der Waals surface area contributed by atoms with Gasteiger partial charge in [-0.1, -0.05) is 5.21 Å². The fraction of sp³-hybridized carbons (Fsp3) is 0.500. The Kier molecular flexibility index (Phi) is 4.09. The SMILES string of the molecule is CN(C)c1cnnc(N2CCN(C(=O)c3cn(C)nn3)CC2)c1. The molecule has 3 rings (SSSR count). The van der Waals surface area contributed by atoms with Gasteiger partial charge in [-0.3, -0.25) is 9.48 Å². The molecule has 0 atom stereocenters. The van der Waals surface area contributed by atoms with Gasteiger partial charge in [0.25, 0.3) is 5.91 Å². The molecule has 1 aliphatic heterocycles. The summed E-state index contributed by atoms with van der Waals surface area (Å²) in [5.41, 5.74) is 1.39. The average Bonchev–Trinajstić information content (AvgIpc) is 3.01. The average molecular weight is 316 g/mol. The van der Waals surface area contributed by atoms with E-state index in [1.54, 1.807) is 24.3 Å². The second kappa shape index (κ2) is 6.19. The third kappa shape index (κ3) is 3.22. The number of nitrogens with zero attached hydrogens (tertiary/aromatic N) is 8. The van der Waals surface area contributed by atoms with Crippen LogP contribution in [0.1, 0.15) is 10.5 Å². The van der Waals surface area contributed by atoms with Crippen molar-refractivity contribution in [3.05, 3.63) is 24.2 Å². The molecule has 1 fully saturated rings. The summed E-state index contributed by atoms with van der Waals surface area (Å²) in [6.07, 6.45) is 3.37. The number of rotatable bonds is 3. The van der Waals surface area contributed by atoms with Crippen LogP contribution in [0.2, 0.25) is 0 Å². The second-order valence-corrected chi connectivity index (χ2v) is 5.72. The van der Waals surface area contributed by atoms with Crippen LogP contribution in [0.3, 0.4) is 0 Å². The molecule has 0 unspecified atom stereocenters. The molecule has 1 amide bonds. The molecule has 0 radical (unpaired) electrons. The number of hydrogen-bond donors (Lipinski definition) is 0. The lowest BCUT2D eigenvalue weighted by atomic mass is 10.2. The largest absolute Gasteiger partial charge is 0.376 e. The Hall–Kier alpha value is -2.71. The molecule has 2 aromatic rings. The molecule has 0 aliphatic carbocycles. The number of anilines is 2. The lowest BCUT2D eigenvalue weighted by Gasteiger charge is -2.35. The summed E-state index contributed by atoms with van der Waals surface area (Å²) in [6, 6.07) is 2.01. The third-order valence-electron chi connectivity index (χ3n) is 3.86. The van der Waals surface area contributed by atoms with Gasteiger partial charge >= 0.3 is 0 Å². The molecule has 2 aromatic heterocycles. The van der Waals surface area contributed by atoms with Crippen LogP contribution in [0.15, 0.2) is 18.5 Å². The molecule has 1 aliphatic rings. The van der Waals surface area contributed by atoms with Gasteiger partial charge in [-0.2, -0.15) is 5.10 Å². The first-order valence-electron chi connectivity index (χ1n) is 7.45. The van der Waals surface area contributed by atoms with E-state index < -0.39 is 0 Å². The Balaban J connectivity index is 1.64. The molecule has 23 heavy (non-hydrogen) atoms. The molecule has 1 saturated heterocycles. The Morgan fingerprint density at radius 3 is 2.52 bits per heavy atom. The van der Waals surface area contributed by atoms with Gasteiger partial charge in [-0.15, -0.1) is 10.2 Å². The van der Waals surface area contributed by atoms with Crippen LogP contribution in [0, 0.1) is 0 Å². The Morgan fingerprint density at radius 2 is 1.91 bits per heavy atom. The summed E-state index contributed by atoms with van der Waals surface area (Å²) < 4.78 is 1.53. The number of piperazine rings is 1. The lowest BCUT2D eigenvalue weighted by molar-refractivity contribution is 0.0740. The smallest absolute Gasteiger partial charge is 0.276 e. The Labute approximate surface area is 134 Å². The van der Waals surface area contributed by atoms with Crippen LogP contribution >= 0.6 is 0 Å². The van der Waals surface area contributed by atoms with Gasteiger partial charge in [0.1, 0.15) is 0 Å². The van der Waals surface area contributed by atoms with Gasteiger partial charge < -0.3 is 14.7 Å². The summed E-state index contributed by atoms with van der Waals surface area (Å²) >= 11 is 0.